The van der Waals surface area contributed by atoms with E-state index in [-0.39, 0.29) is 23.7 Å². The van der Waals surface area contributed by atoms with Gasteiger partial charge in [0, 0.05) is 36.2 Å². The average molecular weight is 398 g/mol. The largest absolute Gasteiger partial charge is 0.342 e. The van der Waals surface area contributed by atoms with Gasteiger partial charge in [0.2, 0.25) is 11.8 Å². The Balaban J connectivity index is 1.32. The number of nitrogens with one attached hydrogen (secondary N) is 1. The van der Waals surface area contributed by atoms with Crippen molar-refractivity contribution in [2.45, 2.75) is 46.0 Å². The molecule has 0 radical (unpaired) electrons. The first-order valence-electron chi connectivity index (χ1n) is 10.1. The van der Waals surface area contributed by atoms with E-state index in [1.54, 1.807) is 11.3 Å². The molecule has 2 aromatic rings. The van der Waals surface area contributed by atoms with E-state index in [9.17, 15) is 9.59 Å². The Kier molecular flexibility index (Phi) is 5.49. The summed E-state index contributed by atoms with van der Waals surface area (Å²) >= 11 is 1.56. The third-order valence-electron chi connectivity index (χ3n) is 5.71. The molecule has 28 heavy (non-hydrogen) atoms. The molecule has 2 aliphatic rings. The van der Waals surface area contributed by atoms with Gasteiger partial charge in [-0.2, -0.15) is 0 Å². The molecule has 1 aliphatic carbocycles. The number of benzene rings is 1. The monoisotopic (exact) mass is 397 g/mol. The number of thiazole rings is 1. The predicted octanol–water partition coefficient (Wildman–Crippen LogP) is 3.94. The molecule has 0 unspecified atom stereocenters. The number of aromatic nitrogens is 1. The third kappa shape index (κ3) is 4.43. The summed E-state index contributed by atoms with van der Waals surface area (Å²) in [5.74, 6) is 0.549. The Labute approximate surface area is 170 Å². The number of carbonyl (C=O) groups excluding carboxylic acids is 2. The summed E-state index contributed by atoms with van der Waals surface area (Å²) in [5.41, 5.74) is 3.48. The first kappa shape index (κ1) is 19.1. The molecule has 2 heterocycles. The van der Waals surface area contributed by atoms with Gasteiger partial charge < -0.3 is 10.2 Å². The maximum absolute atomic E-state index is 12.7. The Hall–Kier alpha value is -2.21. The zero-order valence-electron chi connectivity index (χ0n) is 16.5. The highest BCUT2D eigenvalue weighted by Crippen LogP contribution is 2.33. The zero-order chi connectivity index (χ0) is 19.7. The van der Waals surface area contributed by atoms with Crippen molar-refractivity contribution in [3.05, 3.63) is 46.0 Å². The number of nitrogens with zero attached hydrogens (tertiary/aromatic N) is 2. The Morgan fingerprint density at radius 1 is 1.07 bits per heavy atom. The lowest BCUT2D eigenvalue weighted by molar-refractivity contribution is -0.135. The first-order valence-corrected chi connectivity index (χ1v) is 10.9. The molecule has 2 amide bonds. The van der Waals surface area contributed by atoms with Crippen LogP contribution in [0.1, 0.15) is 47.4 Å². The molecule has 148 valence electrons. The van der Waals surface area contributed by atoms with Gasteiger partial charge in [0.15, 0.2) is 5.13 Å². The summed E-state index contributed by atoms with van der Waals surface area (Å²) in [6.45, 7) is 5.48. The lowest BCUT2D eigenvalue weighted by Gasteiger charge is -2.31. The van der Waals surface area contributed by atoms with Gasteiger partial charge >= 0.3 is 0 Å². The van der Waals surface area contributed by atoms with Crippen LogP contribution < -0.4 is 5.32 Å². The SMILES string of the molecule is Cc1ccc(Cc2sc(NC(=O)C3CCN(C(=O)C4CC4)CC3)nc2C)cc1. The summed E-state index contributed by atoms with van der Waals surface area (Å²) in [6.07, 6.45) is 4.39. The molecular weight excluding hydrogens is 370 g/mol. The minimum atomic E-state index is -0.0343. The van der Waals surface area contributed by atoms with Crippen LogP contribution in [0.3, 0.4) is 0 Å². The standard InChI is InChI=1S/C22H27N3O2S/c1-14-3-5-16(6-4-14)13-19-15(2)23-22(28-19)24-20(26)17-9-11-25(12-10-17)21(27)18-7-8-18/h3-6,17-18H,7-13H2,1-2H3,(H,23,24,26). The number of aryl methyl sites for hydroxylation is 2. The Bertz CT molecular complexity index is 862. The van der Waals surface area contributed by atoms with E-state index in [1.165, 1.54) is 16.0 Å². The molecule has 6 heteroatoms. The van der Waals surface area contributed by atoms with Crippen LogP contribution in [0.2, 0.25) is 0 Å². The van der Waals surface area contributed by atoms with Crippen molar-refractivity contribution in [1.82, 2.24) is 9.88 Å². The van der Waals surface area contributed by atoms with Crippen LogP contribution in [0.25, 0.3) is 0 Å². The maximum Gasteiger partial charge on any atom is 0.229 e. The summed E-state index contributed by atoms with van der Waals surface area (Å²) < 4.78 is 0. The van der Waals surface area contributed by atoms with Gasteiger partial charge in [0.1, 0.15) is 0 Å². The number of rotatable bonds is 5. The fraction of sp³-hybridized carbons (Fsp3) is 0.500. The highest BCUT2D eigenvalue weighted by Gasteiger charge is 2.36. The number of amides is 2. The lowest BCUT2D eigenvalue weighted by atomic mass is 9.95. The summed E-state index contributed by atoms with van der Waals surface area (Å²) in [5, 5.41) is 3.69. The van der Waals surface area contributed by atoms with E-state index in [0.717, 1.165) is 37.8 Å². The highest BCUT2D eigenvalue weighted by molar-refractivity contribution is 7.15. The van der Waals surface area contributed by atoms with Crippen LogP contribution in [-0.4, -0.2) is 34.8 Å². The van der Waals surface area contributed by atoms with E-state index in [1.807, 2.05) is 11.8 Å². The van der Waals surface area contributed by atoms with E-state index in [4.69, 9.17) is 0 Å². The van der Waals surface area contributed by atoms with Gasteiger partial charge in [-0.1, -0.05) is 29.8 Å². The molecule has 0 spiro atoms. The smallest absolute Gasteiger partial charge is 0.229 e. The van der Waals surface area contributed by atoms with Crippen molar-refractivity contribution in [2.24, 2.45) is 11.8 Å². The van der Waals surface area contributed by atoms with E-state index in [2.05, 4.69) is 41.5 Å². The molecule has 1 saturated heterocycles. The normalized spacial score (nSPS) is 17.6. The molecule has 0 atom stereocenters. The minimum absolute atomic E-state index is 0.0343. The summed E-state index contributed by atoms with van der Waals surface area (Å²) in [6, 6.07) is 8.52. The molecule has 1 aliphatic heterocycles. The second-order valence-corrected chi connectivity index (χ2v) is 9.14. The van der Waals surface area contributed by atoms with Crippen molar-refractivity contribution in [2.75, 3.05) is 18.4 Å². The third-order valence-corrected chi connectivity index (χ3v) is 6.78. The van der Waals surface area contributed by atoms with E-state index < -0.39 is 0 Å². The number of hydrogen-bond acceptors (Lipinski definition) is 4. The van der Waals surface area contributed by atoms with Crippen molar-refractivity contribution < 1.29 is 9.59 Å². The Morgan fingerprint density at radius 3 is 2.39 bits per heavy atom. The fourth-order valence-electron chi connectivity index (χ4n) is 3.69. The van der Waals surface area contributed by atoms with Gasteiger partial charge in [0.25, 0.3) is 0 Å². The van der Waals surface area contributed by atoms with Gasteiger partial charge in [-0.15, -0.1) is 11.3 Å². The second-order valence-electron chi connectivity index (χ2n) is 8.05. The molecular formula is C22H27N3O2S. The number of likely N-dealkylation sites (tertiary alicyclic amines) is 1. The molecule has 5 nitrogen and oxygen atoms in total. The van der Waals surface area contributed by atoms with E-state index in [0.29, 0.717) is 18.2 Å². The number of hydrogen-bond donors (Lipinski definition) is 1. The van der Waals surface area contributed by atoms with Crippen molar-refractivity contribution in [3.63, 3.8) is 0 Å². The molecule has 1 N–H and O–H groups in total. The molecule has 1 aromatic heterocycles. The van der Waals surface area contributed by atoms with Crippen LogP contribution >= 0.6 is 11.3 Å². The van der Waals surface area contributed by atoms with Crippen molar-refractivity contribution in [1.29, 1.82) is 0 Å². The van der Waals surface area contributed by atoms with Gasteiger partial charge in [0.05, 0.1) is 5.69 Å². The first-order chi connectivity index (χ1) is 13.5. The quantitative estimate of drug-likeness (QED) is 0.831. The molecule has 1 aromatic carbocycles. The topological polar surface area (TPSA) is 62.3 Å². The average Bonchev–Trinajstić information content (AvgIpc) is 3.48. The minimum Gasteiger partial charge on any atom is -0.342 e. The number of carbonyl (C=O) groups is 2. The summed E-state index contributed by atoms with van der Waals surface area (Å²) in [4.78, 5) is 32.5. The molecule has 4 rings (SSSR count). The Morgan fingerprint density at radius 2 is 1.75 bits per heavy atom. The molecule has 0 bridgehead atoms. The fourth-order valence-corrected chi connectivity index (χ4v) is 4.69. The van der Waals surface area contributed by atoms with Gasteiger partial charge in [-0.3, -0.25) is 9.59 Å². The highest BCUT2D eigenvalue weighted by atomic mass is 32.1. The van der Waals surface area contributed by atoms with Crippen molar-refractivity contribution in [3.8, 4) is 0 Å². The molecule has 2 fully saturated rings. The van der Waals surface area contributed by atoms with Gasteiger partial charge in [-0.05, 0) is 45.1 Å². The number of piperidine rings is 1. The summed E-state index contributed by atoms with van der Waals surface area (Å²) in [7, 11) is 0. The zero-order valence-corrected chi connectivity index (χ0v) is 17.3. The van der Waals surface area contributed by atoms with Crippen LogP contribution in [0.4, 0.5) is 5.13 Å². The van der Waals surface area contributed by atoms with E-state index >= 15 is 0 Å². The predicted molar refractivity (Wildman–Crippen MR) is 111 cm³/mol. The van der Waals surface area contributed by atoms with Crippen LogP contribution in [0.5, 0.6) is 0 Å². The van der Waals surface area contributed by atoms with Crippen LogP contribution in [-0.2, 0) is 16.0 Å². The maximum atomic E-state index is 12.7. The number of anilines is 1. The molecule has 1 saturated carbocycles. The van der Waals surface area contributed by atoms with Crippen molar-refractivity contribution >= 4 is 28.3 Å². The van der Waals surface area contributed by atoms with Gasteiger partial charge in [-0.25, -0.2) is 4.98 Å². The lowest BCUT2D eigenvalue weighted by Crippen LogP contribution is -2.42. The second kappa shape index (κ2) is 8.03. The van der Waals surface area contributed by atoms with Crippen LogP contribution in [0.15, 0.2) is 24.3 Å². The van der Waals surface area contributed by atoms with Crippen LogP contribution in [0, 0.1) is 25.7 Å².